The largest absolute Gasteiger partial charge is 0.113 e. The van der Waals surface area contributed by atoms with E-state index in [0.717, 1.165) is 0 Å². The molecule has 0 radical (unpaired) electrons. The summed E-state index contributed by atoms with van der Waals surface area (Å²) in [4.78, 5) is 0. The van der Waals surface area contributed by atoms with E-state index in [2.05, 4.69) is 293 Å². The Balaban J connectivity index is 0.744. The third-order valence-electron chi connectivity index (χ3n) is 18.5. The highest BCUT2D eigenvalue weighted by atomic mass is 28.3. The van der Waals surface area contributed by atoms with E-state index in [4.69, 9.17) is 0 Å². The van der Waals surface area contributed by atoms with E-state index < -0.39 is 16.1 Å². The number of hydrogen-bond donors (Lipinski definition) is 0. The quantitative estimate of drug-likeness (QED) is 0.115. The van der Waals surface area contributed by atoms with Crippen LogP contribution < -0.4 is 20.7 Å². The van der Waals surface area contributed by atoms with Gasteiger partial charge in [0.15, 0.2) is 0 Å². The van der Waals surface area contributed by atoms with Gasteiger partial charge in [-0.25, -0.2) is 0 Å². The van der Waals surface area contributed by atoms with E-state index in [9.17, 15) is 0 Å². The van der Waals surface area contributed by atoms with E-state index in [-0.39, 0.29) is 0 Å². The van der Waals surface area contributed by atoms with E-state index in [0.29, 0.717) is 0 Å². The number of fused-ring (bicyclic) bond motifs is 13. The molecule has 2 aliphatic heterocycles. The Labute approximate surface area is 470 Å². The molecule has 14 aromatic rings. The average Bonchev–Trinajstić information content (AvgIpc) is 3.90. The van der Waals surface area contributed by atoms with Crippen molar-refractivity contribution in [3.8, 4) is 89.0 Å². The summed E-state index contributed by atoms with van der Waals surface area (Å²) in [7, 11) is -4.11. The lowest BCUT2D eigenvalue weighted by Gasteiger charge is -2.21. The summed E-state index contributed by atoms with van der Waals surface area (Å²) >= 11 is 0. The summed E-state index contributed by atoms with van der Waals surface area (Å²) in [5.74, 6) is 0. The molecule has 0 N–H and O–H groups in total. The van der Waals surface area contributed by atoms with Crippen molar-refractivity contribution < 1.29 is 0 Å². The molecule has 376 valence electrons. The van der Waals surface area contributed by atoms with Crippen molar-refractivity contribution >= 4 is 90.8 Å². The Bertz CT molecular complexity index is 4470. The molecule has 14 aromatic carbocycles. The SMILES string of the molecule is C[Si]1(C)c2cc(-c3ccc(-c4c5ccccc5c(-c5ccccc5)c5ccccc45)cc3)ccc2-c2c1ccc1c3c(ccc21)[Si](C)(C)c1cc(-c2ccc(-c4c5ccccc5c(-c5ccccc5)c5ccccc45)cc2)ccc1-3. The second kappa shape index (κ2) is 17.7. The summed E-state index contributed by atoms with van der Waals surface area (Å²) < 4.78 is 0. The highest BCUT2D eigenvalue weighted by molar-refractivity contribution is 7.05. The zero-order valence-corrected chi connectivity index (χ0v) is 47.4. The van der Waals surface area contributed by atoms with Gasteiger partial charge in [0.1, 0.15) is 16.1 Å². The maximum absolute atomic E-state index is 2.56. The molecule has 0 saturated carbocycles. The van der Waals surface area contributed by atoms with Crippen molar-refractivity contribution in [2.45, 2.75) is 26.2 Å². The van der Waals surface area contributed by atoms with Gasteiger partial charge in [-0.3, -0.25) is 0 Å². The molecule has 2 heteroatoms. The van der Waals surface area contributed by atoms with E-state index >= 15 is 0 Å². The molecule has 0 spiro atoms. The Morgan fingerprint density at radius 3 is 0.713 bits per heavy atom. The third-order valence-corrected chi connectivity index (χ3v) is 25.5. The molecule has 0 amide bonds. The van der Waals surface area contributed by atoms with E-state index in [1.165, 1.54) is 153 Å². The highest BCUT2D eigenvalue weighted by Gasteiger charge is 2.42. The molecule has 0 aromatic heterocycles. The smallest absolute Gasteiger partial charge is 0.0622 e. The molecule has 0 bridgehead atoms. The summed E-state index contributed by atoms with van der Waals surface area (Å²) in [6.07, 6.45) is 0. The van der Waals surface area contributed by atoms with Crippen LogP contribution in [0.5, 0.6) is 0 Å². The molecule has 0 nitrogen and oxygen atoms in total. The molecule has 0 aliphatic carbocycles. The minimum Gasteiger partial charge on any atom is -0.0622 e. The van der Waals surface area contributed by atoms with Crippen LogP contribution >= 0.6 is 0 Å². The molecule has 80 heavy (non-hydrogen) atoms. The van der Waals surface area contributed by atoms with Gasteiger partial charge >= 0.3 is 0 Å². The fourth-order valence-electron chi connectivity index (χ4n) is 14.6. The van der Waals surface area contributed by atoms with E-state index in [1.54, 1.807) is 10.4 Å². The molecular formula is C78H56Si2. The minimum absolute atomic E-state index is 1.24. The van der Waals surface area contributed by atoms with Crippen LogP contribution in [0, 0.1) is 0 Å². The molecule has 0 saturated heterocycles. The lowest BCUT2D eigenvalue weighted by Crippen LogP contribution is -2.49. The summed E-state index contributed by atoms with van der Waals surface area (Å²) in [5, 5.41) is 19.2. The minimum atomic E-state index is -2.05. The first-order chi connectivity index (χ1) is 39.2. The molecule has 2 heterocycles. The van der Waals surface area contributed by atoms with Crippen LogP contribution in [0.15, 0.2) is 267 Å². The van der Waals surface area contributed by atoms with Gasteiger partial charge in [0, 0.05) is 0 Å². The summed E-state index contributed by atoms with van der Waals surface area (Å²) in [6, 6.07) is 101. The first-order valence-corrected chi connectivity index (χ1v) is 34.3. The van der Waals surface area contributed by atoms with Crippen LogP contribution in [0.25, 0.3) is 143 Å². The normalized spacial score (nSPS) is 13.7. The lowest BCUT2D eigenvalue weighted by molar-refractivity contribution is 1.62. The van der Waals surface area contributed by atoms with Gasteiger partial charge in [0.05, 0.1) is 0 Å². The Morgan fingerprint density at radius 1 is 0.175 bits per heavy atom. The number of rotatable bonds is 6. The van der Waals surface area contributed by atoms with Crippen LogP contribution in [-0.2, 0) is 0 Å². The van der Waals surface area contributed by atoms with Crippen molar-refractivity contribution in [2.24, 2.45) is 0 Å². The maximum Gasteiger partial charge on any atom is 0.113 e. The first-order valence-electron chi connectivity index (χ1n) is 28.3. The van der Waals surface area contributed by atoms with Crippen molar-refractivity contribution in [3.05, 3.63) is 267 Å². The van der Waals surface area contributed by atoms with Gasteiger partial charge in [0.2, 0.25) is 0 Å². The summed E-state index contributed by atoms with van der Waals surface area (Å²) in [5.41, 5.74) is 21.0. The fourth-order valence-corrected chi connectivity index (χ4v) is 20.8. The van der Waals surface area contributed by atoms with Gasteiger partial charge < -0.3 is 0 Å². The van der Waals surface area contributed by atoms with Gasteiger partial charge in [-0.05, 0) is 164 Å². The van der Waals surface area contributed by atoms with Crippen molar-refractivity contribution in [1.82, 2.24) is 0 Å². The second-order valence-electron chi connectivity index (χ2n) is 23.4. The number of benzene rings is 14. The van der Waals surface area contributed by atoms with Crippen LogP contribution in [0.2, 0.25) is 26.2 Å². The predicted molar refractivity (Wildman–Crippen MR) is 351 cm³/mol. The molecule has 0 unspecified atom stereocenters. The molecule has 0 fully saturated rings. The standard InChI is InChI=1S/C78H56Si2/c1-79(2)69-45-43-66-65(77(69)67-41-39-55(47-71(67)79)49-31-35-53(36-32-49)75-61-27-15-11-23-57(61)73(51-19-7-5-8-20-51)58-24-12-16-28-62(58)75)44-46-70-78(66)68-42-40-56(48-72(68)80(70,3)4)50-33-37-54(38-34-50)76-63-29-17-13-25-59(63)74(52-21-9-6-10-22-52)60-26-14-18-30-64(60)76/h5-48H,1-4H3. The van der Waals surface area contributed by atoms with Crippen LogP contribution in [0.4, 0.5) is 0 Å². The summed E-state index contributed by atoms with van der Waals surface area (Å²) in [6.45, 7) is 10.2. The molecular weight excluding hydrogens is 993 g/mol. The zero-order chi connectivity index (χ0) is 53.4. The Kier molecular flexibility index (Phi) is 10.3. The van der Waals surface area contributed by atoms with Crippen LogP contribution in [0.3, 0.4) is 0 Å². The zero-order valence-electron chi connectivity index (χ0n) is 45.4. The number of hydrogen-bond acceptors (Lipinski definition) is 0. The second-order valence-corrected chi connectivity index (χ2v) is 32.1. The van der Waals surface area contributed by atoms with Crippen molar-refractivity contribution in [2.75, 3.05) is 0 Å². The maximum atomic E-state index is 2.56. The van der Waals surface area contributed by atoms with Gasteiger partial charge in [-0.1, -0.05) is 293 Å². The Morgan fingerprint density at radius 2 is 0.412 bits per heavy atom. The first kappa shape index (κ1) is 46.9. The lowest BCUT2D eigenvalue weighted by atomic mass is 9.85. The van der Waals surface area contributed by atoms with Gasteiger partial charge in [-0.2, -0.15) is 0 Å². The van der Waals surface area contributed by atoms with Crippen molar-refractivity contribution in [3.63, 3.8) is 0 Å². The van der Waals surface area contributed by atoms with Gasteiger partial charge in [-0.15, -0.1) is 0 Å². The monoisotopic (exact) mass is 1050 g/mol. The third kappa shape index (κ3) is 6.86. The van der Waals surface area contributed by atoms with Crippen LogP contribution in [0.1, 0.15) is 0 Å². The molecule has 16 rings (SSSR count). The van der Waals surface area contributed by atoms with Crippen molar-refractivity contribution in [1.29, 1.82) is 0 Å². The predicted octanol–water partition coefficient (Wildman–Crippen LogP) is 19.1. The van der Waals surface area contributed by atoms with E-state index in [1.807, 2.05) is 0 Å². The molecule has 0 atom stereocenters. The average molecular weight is 1050 g/mol. The highest BCUT2D eigenvalue weighted by Crippen LogP contribution is 2.47. The van der Waals surface area contributed by atoms with Crippen LogP contribution in [-0.4, -0.2) is 16.1 Å². The van der Waals surface area contributed by atoms with Gasteiger partial charge in [0.25, 0.3) is 0 Å². The topological polar surface area (TPSA) is 0 Å². The fraction of sp³-hybridized carbons (Fsp3) is 0.0513. The molecule has 2 aliphatic rings. The Hall–Kier alpha value is -9.19.